The topological polar surface area (TPSA) is 73.1 Å². The minimum Gasteiger partial charge on any atom is -0.491 e. The molecular formula is C21H20N4O2. The zero-order valence-corrected chi connectivity index (χ0v) is 15.3. The number of aliphatic hydroxyl groups excluding tert-OH is 1. The van der Waals surface area contributed by atoms with Gasteiger partial charge in [0.1, 0.15) is 12.4 Å². The van der Waals surface area contributed by atoms with Crippen molar-refractivity contribution in [1.82, 2.24) is 19.7 Å². The molecule has 0 atom stereocenters. The highest BCUT2D eigenvalue weighted by Crippen LogP contribution is 2.33. The Kier molecular flexibility index (Phi) is 4.56. The van der Waals surface area contributed by atoms with Crippen molar-refractivity contribution < 1.29 is 9.84 Å². The zero-order chi connectivity index (χ0) is 18.8. The standard InChI is InChI=1S/C21H20N4O2/c1-14-20-17(18-5-3-4-10-22-18)13-19(23-21(20)24-25(14)2)15-6-8-16(9-7-15)27-12-11-26/h3-10,13,26H,11-12H2,1-2H3. The summed E-state index contributed by atoms with van der Waals surface area (Å²) in [7, 11) is 1.92. The van der Waals surface area contributed by atoms with Gasteiger partial charge in [0, 0.05) is 30.1 Å². The lowest BCUT2D eigenvalue weighted by atomic mass is 10.0. The predicted octanol–water partition coefficient (Wildman–Crippen LogP) is 3.38. The summed E-state index contributed by atoms with van der Waals surface area (Å²) < 4.78 is 7.28. The third kappa shape index (κ3) is 3.27. The SMILES string of the molecule is Cc1c2c(-c3ccccn3)cc(-c3ccc(OCCO)cc3)nc2nn1C. The molecule has 4 aromatic rings. The van der Waals surface area contributed by atoms with E-state index in [1.54, 1.807) is 6.20 Å². The van der Waals surface area contributed by atoms with Crippen molar-refractivity contribution in [3.05, 3.63) is 60.4 Å². The number of fused-ring (bicyclic) bond motifs is 1. The molecule has 0 aliphatic carbocycles. The highest BCUT2D eigenvalue weighted by atomic mass is 16.5. The Morgan fingerprint density at radius 1 is 1.07 bits per heavy atom. The summed E-state index contributed by atoms with van der Waals surface area (Å²) in [5.74, 6) is 0.715. The molecule has 0 saturated carbocycles. The molecule has 0 bridgehead atoms. The lowest BCUT2D eigenvalue weighted by Gasteiger charge is -2.08. The van der Waals surface area contributed by atoms with Crippen LogP contribution < -0.4 is 4.74 Å². The third-order valence-corrected chi connectivity index (χ3v) is 4.54. The van der Waals surface area contributed by atoms with Crippen molar-refractivity contribution in [3.8, 4) is 28.3 Å². The Labute approximate surface area is 157 Å². The maximum atomic E-state index is 8.87. The van der Waals surface area contributed by atoms with E-state index in [9.17, 15) is 0 Å². The molecule has 0 amide bonds. The summed E-state index contributed by atoms with van der Waals surface area (Å²) in [6.45, 7) is 2.31. The number of hydrogen-bond donors (Lipinski definition) is 1. The molecule has 136 valence electrons. The van der Waals surface area contributed by atoms with Crippen LogP contribution in [0.5, 0.6) is 5.75 Å². The van der Waals surface area contributed by atoms with E-state index >= 15 is 0 Å². The molecule has 1 N–H and O–H groups in total. The number of aryl methyl sites for hydroxylation is 2. The Bertz CT molecular complexity index is 1070. The fraction of sp³-hybridized carbons (Fsp3) is 0.190. The van der Waals surface area contributed by atoms with Crippen molar-refractivity contribution in [3.63, 3.8) is 0 Å². The molecule has 27 heavy (non-hydrogen) atoms. The second-order valence-electron chi connectivity index (χ2n) is 6.27. The van der Waals surface area contributed by atoms with Crippen molar-refractivity contribution in [2.24, 2.45) is 7.05 Å². The van der Waals surface area contributed by atoms with Gasteiger partial charge in [0.15, 0.2) is 5.65 Å². The van der Waals surface area contributed by atoms with Crippen LogP contribution in [0.15, 0.2) is 54.7 Å². The van der Waals surface area contributed by atoms with Crippen LogP contribution in [0.4, 0.5) is 0 Å². The number of hydrogen-bond acceptors (Lipinski definition) is 5. The number of ether oxygens (including phenoxy) is 1. The maximum Gasteiger partial charge on any atom is 0.182 e. The molecule has 0 saturated heterocycles. The third-order valence-electron chi connectivity index (χ3n) is 4.54. The minimum atomic E-state index is -0.00750. The van der Waals surface area contributed by atoms with Crippen molar-refractivity contribution in [1.29, 1.82) is 0 Å². The molecule has 3 aromatic heterocycles. The lowest BCUT2D eigenvalue weighted by molar-refractivity contribution is 0.201. The summed E-state index contributed by atoms with van der Waals surface area (Å²) in [4.78, 5) is 9.29. The van der Waals surface area contributed by atoms with Crippen molar-refractivity contribution >= 4 is 11.0 Å². The number of aliphatic hydroxyl groups is 1. The monoisotopic (exact) mass is 360 g/mol. The van der Waals surface area contributed by atoms with Gasteiger partial charge in [0.25, 0.3) is 0 Å². The Hall–Kier alpha value is -3.25. The highest BCUT2D eigenvalue weighted by Gasteiger charge is 2.16. The van der Waals surface area contributed by atoms with Gasteiger partial charge >= 0.3 is 0 Å². The molecule has 4 rings (SSSR count). The minimum absolute atomic E-state index is 0.00750. The number of nitrogens with zero attached hydrogens (tertiary/aromatic N) is 4. The number of pyridine rings is 2. The first-order chi connectivity index (χ1) is 13.2. The molecular weight excluding hydrogens is 340 g/mol. The summed E-state index contributed by atoms with van der Waals surface area (Å²) in [5, 5.41) is 14.5. The average molecular weight is 360 g/mol. The van der Waals surface area contributed by atoms with Crippen LogP contribution in [0.1, 0.15) is 5.69 Å². The van der Waals surface area contributed by atoms with Crippen molar-refractivity contribution in [2.45, 2.75) is 6.92 Å². The van der Waals surface area contributed by atoms with E-state index in [4.69, 9.17) is 14.8 Å². The maximum absolute atomic E-state index is 8.87. The van der Waals surface area contributed by atoms with Gasteiger partial charge in [0.2, 0.25) is 0 Å². The van der Waals surface area contributed by atoms with E-state index in [1.807, 2.05) is 61.1 Å². The first-order valence-corrected chi connectivity index (χ1v) is 8.77. The van der Waals surface area contributed by atoms with Crippen LogP contribution in [0.2, 0.25) is 0 Å². The molecule has 0 spiro atoms. The smallest absolute Gasteiger partial charge is 0.182 e. The Balaban J connectivity index is 1.85. The van der Waals surface area contributed by atoms with Crippen LogP contribution in [0, 0.1) is 6.92 Å². The normalized spacial score (nSPS) is 11.1. The van der Waals surface area contributed by atoms with Crippen LogP contribution in [0.3, 0.4) is 0 Å². The fourth-order valence-electron chi connectivity index (χ4n) is 3.10. The van der Waals surface area contributed by atoms with Crippen LogP contribution in [-0.2, 0) is 7.05 Å². The molecule has 0 aliphatic heterocycles. The number of aromatic nitrogens is 4. The van der Waals surface area contributed by atoms with E-state index < -0.39 is 0 Å². The molecule has 6 heteroatoms. The van der Waals surface area contributed by atoms with E-state index in [-0.39, 0.29) is 13.2 Å². The van der Waals surface area contributed by atoms with E-state index in [0.29, 0.717) is 11.4 Å². The van der Waals surface area contributed by atoms with Gasteiger partial charge < -0.3 is 9.84 Å². The first kappa shape index (κ1) is 17.2. The molecule has 0 aliphatic rings. The number of rotatable bonds is 5. The largest absolute Gasteiger partial charge is 0.491 e. The van der Waals surface area contributed by atoms with E-state index in [1.165, 1.54) is 0 Å². The van der Waals surface area contributed by atoms with Gasteiger partial charge in [-0.1, -0.05) is 6.07 Å². The van der Waals surface area contributed by atoms with Gasteiger partial charge in [-0.2, -0.15) is 5.10 Å². The predicted molar refractivity (Wildman–Crippen MR) is 104 cm³/mol. The summed E-state index contributed by atoms with van der Waals surface area (Å²) in [5.41, 5.74) is 5.46. The van der Waals surface area contributed by atoms with Crippen LogP contribution in [0.25, 0.3) is 33.5 Å². The van der Waals surface area contributed by atoms with Gasteiger partial charge in [-0.05, 0) is 49.4 Å². The summed E-state index contributed by atoms with van der Waals surface area (Å²) in [6.07, 6.45) is 1.79. The molecule has 0 fully saturated rings. The molecule has 0 unspecified atom stereocenters. The molecule has 0 radical (unpaired) electrons. The lowest BCUT2D eigenvalue weighted by Crippen LogP contribution is -2.01. The average Bonchev–Trinajstić information content (AvgIpc) is 3.00. The second kappa shape index (κ2) is 7.17. The molecule has 3 heterocycles. The molecule has 6 nitrogen and oxygen atoms in total. The van der Waals surface area contributed by atoms with Gasteiger partial charge in [0.05, 0.1) is 23.4 Å². The van der Waals surface area contributed by atoms with Gasteiger partial charge in [-0.15, -0.1) is 0 Å². The fourth-order valence-corrected chi connectivity index (χ4v) is 3.10. The molecule has 1 aromatic carbocycles. The second-order valence-corrected chi connectivity index (χ2v) is 6.27. The van der Waals surface area contributed by atoms with Gasteiger partial charge in [-0.3, -0.25) is 9.67 Å². The summed E-state index contributed by atoms with van der Waals surface area (Å²) >= 11 is 0. The van der Waals surface area contributed by atoms with Crippen molar-refractivity contribution in [2.75, 3.05) is 13.2 Å². The highest BCUT2D eigenvalue weighted by molar-refractivity contribution is 5.96. The van der Waals surface area contributed by atoms with Gasteiger partial charge in [-0.25, -0.2) is 4.98 Å². The van der Waals surface area contributed by atoms with Crippen LogP contribution in [-0.4, -0.2) is 38.1 Å². The Morgan fingerprint density at radius 3 is 2.59 bits per heavy atom. The zero-order valence-electron chi connectivity index (χ0n) is 15.3. The quantitative estimate of drug-likeness (QED) is 0.591. The number of benzene rings is 1. The van der Waals surface area contributed by atoms with E-state index in [0.717, 1.165) is 33.6 Å². The first-order valence-electron chi connectivity index (χ1n) is 8.77. The Morgan fingerprint density at radius 2 is 1.89 bits per heavy atom. The summed E-state index contributed by atoms with van der Waals surface area (Å²) in [6, 6.07) is 15.6. The van der Waals surface area contributed by atoms with E-state index in [2.05, 4.69) is 16.1 Å². The van der Waals surface area contributed by atoms with Crippen LogP contribution >= 0.6 is 0 Å².